The zero-order chi connectivity index (χ0) is 13.0. The van der Waals surface area contributed by atoms with Crippen LogP contribution in [0.2, 0.25) is 0 Å². The van der Waals surface area contributed by atoms with Gasteiger partial charge < -0.3 is 10.4 Å². The van der Waals surface area contributed by atoms with Crippen LogP contribution in [0.15, 0.2) is 0 Å². The summed E-state index contributed by atoms with van der Waals surface area (Å²) in [6, 6.07) is -0.496. The second kappa shape index (κ2) is 5.82. The van der Waals surface area contributed by atoms with E-state index in [2.05, 4.69) is 10.4 Å². The van der Waals surface area contributed by atoms with E-state index >= 15 is 0 Å². The smallest absolute Gasteiger partial charge is 0.320 e. The number of hydrogen-bond donors (Lipinski definition) is 2. The molecule has 1 unspecified atom stereocenters. The minimum absolute atomic E-state index is 0.496. The number of carbonyl (C=O) groups is 1. The molecule has 0 amide bonds. The lowest BCUT2D eigenvalue weighted by Gasteiger charge is -2.13. The van der Waals surface area contributed by atoms with Crippen LogP contribution in [0, 0.1) is 20.8 Å². The molecule has 0 spiro atoms. The van der Waals surface area contributed by atoms with Crippen molar-refractivity contribution in [3.05, 3.63) is 17.0 Å². The molecule has 5 heteroatoms. The van der Waals surface area contributed by atoms with Gasteiger partial charge in [-0.05, 0) is 39.3 Å². The van der Waals surface area contributed by atoms with Crippen LogP contribution in [-0.4, -0.2) is 33.4 Å². The number of aliphatic carboxylic acids is 1. The summed E-state index contributed by atoms with van der Waals surface area (Å²) in [5.74, 6) is -0.801. The topological polar surface area (TPSA) is 67.2 Å². The average molecular weight is 239 g/mol. The fourth-order valence-electron chi connectivity index (χ4n) is 1.81. The van der Waals surface area contributed by atoms with Gasteiger partial charge in [-0.15, -0.1) is 0 Å². The van der Waals surface area contributed by atoms with Crippen LogP contribution in [0.3, 0.4) is 0 Å². The summed E-state index contributed by atoms with van der Waals surface area (Å²) in [4.78, 5) is 11.0. The molecule has 96 valence electrons. The van der Waals surface area contributed by atoms with Gasteiger partial charge in [0, 0.05) is 12.2 Å². The summed E-state index contributed by atoms with van der Waals surface area (Å²) in [5, 5.41) is 16.4. The van der Waals surface area contributed by atoms with Crippen LogP contribution >= 0.6 is 0 Å². The molecular formula is C12H21N3O2. The molecule has 17 heavy (non-hydrogen) atoms. The summed E-state index contributed by atoms with van der Waals surface area (Å²) >= 11 is 0. The molecule has 0 saturated heterocycles. The quantitative estimate of drug-likeness (QED) is 0.784. The second-order valence-corrected chi connectivity index (χ2v) is 4.26. The third kappa shape index (κ3) is 3.30. The van der Waals surface area contributed by atoms with E-state index in [1.807, 2.05) is 32.4 Å². The Morgan fingerprint density at radius 3 is 2.53 bits per heavy atom. The minimum Gasteiger partial charge on any atom is -0.480 e. The molecule has 1 heterocycles. The molecule has 0 aliphatic carbocycles. The number of rotatable bonds is 6. The molecule has 0 radical (unpaired) electrons. The predicted octanol–water partition coefficient (Wildman–Crippen LogP) is 1.26. The molecule has 0 bridgehead atoms. The number of nitrogens with zero attached hydrogens (tertiary/aromatic N) is 2. The molecule has 1 aromatic heterocycles. The predicted molar refractivity (Wildman–Crippen MR) is 66.2 cm³/mol. The van der Waals surface area contributed by atoms with E-state index in [0.717, 1.165) is 11.4 Å². The minimum atomic E-state index is -0.801. The van der Waals surface area contributed by atoms with Gasteiger partial charge in [0.25, 0.3) is 0 Å². The van der Waals surface area contributed by atoms with E-state index in [-0.39, 0.29) is 0 Å². The van der Waals surface area contributed by atoms with Gasteiger partial charge in [-0.1, -0.05) is 6.92 Å². The van der Waals surface area contributed by atoms with Crippen molar-refractivity contribution in [2.75, 3.05) is 6.54 Å². The molecule has 1 aromatic rings. The summed E-state index contributed by atoms with van der Waals surface area (Å²) in [5.41, 5.74) is 3.31. The highest BCUT2D eigenvalue weighted by molar-refractivity contribution is 5.73. The van der Waals surface area contributed by atoms with Gasteiger partial charge in [0.15, 0.2) is 0 Å². The maximum Gasteiger partial charge on any atom is 0.320 e. The van der Waals surface area contributed by atoms with Gasteiger partial charge in [-0.25, -0.2) is 0 Å². The Balaban J connectivity index is 2.65. The van der Waals surface area contributed by atoms with Crippen molar-refractivity contribution < 1.29 is 9.90 Å². The maximum atomic E-state index is 11.0. The molecule has 0 fully saturated rings. The van der Waals surface area contributed by atoms with Crippen LogP contribution in [0.25, 0.3) is 0 Å². The van der Waals surface area contributed by atoms with Crippen molar-refractivity contribution in [3.63, 3.8) is 0 Å². The lowest BCUT2D eigenvalue weighted by Crippen LogP contribution is -2.37. The number of likely N-dealkylation sites (N-methyl/N-ethyl adjacent to an activating group) is 1. The van der Waals surface area contributed by atoms with E-state index < -0.39 is 12.0 Å². The van der Waals surface area contributed by atoms with E-state index in [0.29, 0.717) is 19.5 Å². The number of carboxylic acids is 1. The second-order valence-electron chi connectivity index (χ2n) is 4.26. The number of hydrogen-bond acceptors (Lipinski definition) is 3. The van der Waals surface area contributed by atoms with Gasteiger partial charge in [0.1, 0.15) is 6.04 Å². The molecule has 2 N–H and O–H groups in total. The zero-order valence-electron chi connectivity index (χ0n) is 10.9. The number of aryl methyl sites for hydroxylation is 2. The first-order chi connectivity index (χ1) is 7.97. The highest BCUT2D eigenvalue weighted by atomic mass is 16.4. The molecule has 1 atom stereocenters. The van der Waals surface area contributed by atoms with E-state index in [1.54, 1.807) is 0 Å². The zero-order valence-corrected chi connectivity index (χ0v) is 10.9. The lowest BCUT2D eigenvalue weighted by molar-refractivity contribution is -0.139. The first-order valence-electron chi connectivity index (χ1n) is 5.94. The van der Waals surface area contributed by atoms with Crippen molar-refractivity contribution in [2.24, 2.45) is 0 Å². The summed E-state index contributed by atoms with van der Waals surface area (Å²) in [7, 11) is 0. The van der Waals surface area contributed by atoms with Crippen LogP contribution in [0.5, 0.6) is 0 Å². The Labute approximate surface area is 102 Å². The van der Waals surface area contributed by atoms with Gasteiger partial charge in [0.05, 0.1) is 5.69 Å². The number of nitrogens with one attached hydrogen (secondary N) is 1. The molecule has 0 aliphatic rings. The fraction of sp³-hybridized carbons (Fsp3) is 0.667. The van der Waals surface area contributed by atoms with Crippen molar-refractivity contribution in [1.29, 1.82) is 0 Å². The summed E-state index contributed by atoms with van der Waals surface area (Å²) in [6.45, 7) is 9.21. The molecule has 5 nitrogen and oxygen atoms in total. The van der Waals surface area contributed by atoms with Crippen molar-refractivity contribution >= 4 is 5.97 Å². The number of aromatic nitrogens is 2. The van der Waals surface area contributed by atoms with E-state index in [9.17, 15) is 4.79 Å². The van der Waals surface area contributed by atoms with E-state index in [4.69, 9.17) is 5.11 Å². The highest BCUT2D eigenvalue weighted by Crippen LogP contribution is 2.11. The van der Waals surface area contributed by atoms with Crippen molar-refractivity contribution in [3.8, 4) is 0 Å². The van der Waals surface area contributed by atoms with Crippen molar-refractivity contribution in [2.45, 2.75) is 46.7 Å². The van der Waals surface area contributed by atoms with Gasteiger partial charge in [0.2, 0.25) is 0 Å². The summed E-state index contributed by atoms with van der Waals surface area (Å²) in [6.07, 6.45) is 0.546. The normalized spacial score (nSPS) is 12.7. The van der Waals surface area contributed by atoms with Crippen LogP contribution in [-0.2, 0) is 11.3 Å². The molecule has 1 rings (SSSR count). The van der Waals surface area contributed by atoms with Crippen molar-refractivity contribution in [1.82, 2.24) is 15.1 Å². The molecule has 0 saturated carbocycles. The Bertz CT molecular complexity index is 399. The fourth-order valence-corrected chi connectivity index (χ4v) is 1.81. The lowest BCUT2D eigenvalue weighted by atomic mass is 10.2. The largest absolute Gasteiger partial charge is 0.480 e. The third-order valence-electron chi connectivity index (χ3n) is 3.12. The Morgan fingerprint density at radius 2 is 2.12 bits per heavy atom. The Kier molecular flexibility index (Phi) is 4.69. The maximum absolute atomic E-state index is 11.0. The first-order valence-corrected chi connectivity index (χ1v) is 5.94. The highest BCUT2D eigenvalue weighted by Gasteiger charge is 2.16. The monoisotopic (exact) mass is 239 g/mol. The molecule has 0 aromatic carbocycles. The molecular weight excluding hydrogens is 218 g/mol. The van der Waals surface area contributed by atoms with Gasteiger partial charge in [-0.3, -0.25) is 9.48 Å². The SMILES string of the molecule is CCNC(CCn1nc(C)c(C)c1C)C(=O)O. The standard InChI is InChI=1S/C12H21N3O2/c1-5-13-11(12(16)17)6-7-15-10(4)8(2)9(3)14-15/h11,13H,5-7H2,1-4H3,(H,16,17). The Morgan fingerprint density at radius 1 is 1.47 bits per heavy atom. The average Bonchev–Trinajstić information content (AvgIpc) is 2.52. The Hall–Kier alpha value is -1.36. The van der Waals surface area contributed by atoms with Crippen LogP contribution < -0.4 is 5.32 Å². The van der Waals surface area contributed by atoms with Crippen LogP contribution in [0.1, 0.15) is 30.3 Å². The van der Waals surface area contributed by atoms with Gasteiger partial charge >= 0.3 is 5.97 Å². The molecule has 0 aliphatic heterocycles. The first kappa shape index (κ1) is 13.7. The third-order valence-corrected chi connectivity index (χ3v) is 3.12. The van der Waals surface area contributed by atoms with Gasteiger partial charge in [-0.2, -0.15) is 5.10 Å². The summed E-state index contributed by atoms with van der Waals surface area (Å²) < 4.78 is 1.89. The number of carboxylic acid groups (broad SMARTS) is 1. The van der Waals surface area contributed by atoms with E-state index in [1.165, 1.54) is 5.56 Å². The van der Waals surface area contributed by atoms with Crippen LogP contribution in [0.4, 0.5) is 0 Å².